The smallest absolute Gasteiger partial charge is 0.292 e. The Labute approximate surface area is 106 Å². The van der Waals surface area contributed by atoms with Gasteiger partial charge in [0.2, 0.25) is 0 Å². The zero-order chi connectivity index (χ0) is 13.9. The van der Waals surface area contributed by atoms with E-state index < -0.39 is 4.92 Å². The number of anilines is 1. The fourth-order valence-corrected chi connectivity index (χ4v) is 1.69. The van der Waals surface area contributed by atoms with Gasteiger partial charge in [0, 0.05) is 25.2 Å². The molecule has 2 N–H and O–H groups in total. The van der Waals surface area contributed by atoms with E-state index >= 15 is 0 Å². The summed E-state index contributed by atoms with van der Waals surface area (Å²) in [5, 5.41) is 10.7. The third-order valence-electron chi connectivity index (χ3n) is 2.46. The van der Waals surface area contributed by atoms with Gasteiger partial charge in [-0.3, -0.25) is 14.9 Å². The van der Waals surface area contributed by atoms with Gasteiger partial charge in [0.1, 0.15) is 5.69 Å². The lowest BCUT2D eigenvalue weighted by Crippen LogP contribution is -2.30. The van der Waals surface area contributed by atoms with Crippen LogP contribution in [0.2, 0.25) is 0 Å². The van der Waals surface area contributed by atoms with Crippen LogP contribution in [0.1, 0.15) is 24.2 Å². The second kappa shape index (κ2) is 5.48. The summed E-state index contributed by atoms with van der Waals surface area (Å²) in [6.45, 7) is 4.58. The maximum absolute atomic E-state index is 12.0. The molecule has 98 valence electrons. The Morgan fingerprint density at radius 2 is 2.11 bits per heavy atom. The quantitative estimate of drug-likeness (QED) is 0.502. The SMILES string of the molecule is CC(C)CN(C)C(=O)c1ccc(N)c([N+](=O)[O-])c1. The van der Waals surface area contributed by atoms with E-state index in [9.17, 15) is 14.9 Å². The number of nitro benzene ring substituents is 1. The summed E-state index contributed by atoms with van der Waals surface area (Å²) in [7, 11) is 1.67. The average Bonchev–Trinajstić information content (AvgIpc) is 2.27. The normalized spacial score (nSPS) is 10.4. The fourth-order valence-electron chi connectivity index (χ4n) is 1.69. The first-order valence-corrected chi connectivity index (χ1v) is 5.62. The van der Waals surface area contributed by atoms with Crippen molar-refractivity contribution in [1.29, 1.82) is 0 Å². The molecule has 0 radical (unpaired) electrons. The number of hydrogen-bond acceptors (Lipinski definition) is 4. The van der Waals surface area contributed by atoms with E-state index in [1.165, 1.54) is 18.2 Å². The van der Waals surface area contributed by atoms with Crippen molar-refractivity contribution in [2.45, 2.75) is 13.8 Å². The Morgan fingerprint density at radius 1 is 1.50 bits per heavy atom. The van der Waals surface area contributed by atoms with E-state index in [-0.39, 0.29) is 22.8 Å². The van der Waals surface area contributed by atoms with Crippen molar-refractivity contribution in [1.82, 2.24) is 4.90 Å². The Balaban J connectivity index is 3.00. The first-order chi connectivity index (χ1) is 8.32. The highest BCUT2D eigenvalue weighted by molar-refractivity contribution is 5.95. The Bertz CT molecular complexity index is 472. The van der Waals surface area contributed by atoms with E-state index in [1.54, 1.807) is 11.9 Å². The van der Waals surface area contributed by atoms with E-state index in [1.807, 2.05) is 13.8 Å². The second-order valence-electron chi connectivity index (χ2n) is 4.61. The van der Waals surface area contributed by atoms with Crippen LogP contribution in [-0.2, 0) is 0 Å². The largest absolute Gasteiger partial charge is 0.393 e. The van der Waals surface area contributed by atoms with Gasteiger partial charge in [0.15, 0.2) is 0 Å². The summed E-state index contributed by atoms with van der Waals surface area (Å²) in [6, 6.07) is 4.10. The van der Waals surface area contributed by atoms with E-state index in [0.717, 1.165) is 0 Å². The number of nitro groups is 1. The van der Waals surface area contributed by atoms with Gasteiger partial charge in [0.25, 0.3) is 11.6 Å². The van der Waals surface area contributed by atoms with Crippen molar-refractivity contribution in [3.63, 3.8) is 0 Å². The number of nitrogens with two attached hydrogens (primary N) is 1. The van der Waals surface area contributed by atoms with Crippen LogP contribution in [0.3, 0.4) is 0 Å². The van der Waals surface area contributed by atoms with Crippen molar-refractivity contribution in [3.05, 3.63) is 33.9 Å². The number of rotatable bonds is 4. The first kappa shape index (κ1) is 14.0. The minimum atomic E-state index is -0.589. The number of amides is 1. The van der Waals surface area contributed by atoms with Crippen molar-refractivity contribution < 1.29 is 9.72 Å². The van der Waals surface area contributed by atoms with Gasteiger partial charge in [-0.2, -0.15) is 0 Å². The first-order valence-electron chi connectivity index (χ1n) is 5.62. The van der Waals surface area contributed by atoms with Gasteiger partial charge < -0.3 is 10.6 Å². The summed E-state index contributed by atoms with van der Waals surface area (Å²) >= 11 is 0. The summed E-state index contributed by atoms with van der Waals surface area (Å²) in [5.41, 5.74) is 5.58. The van der Waals surface area contributed by atoms with Crippen LogP contribution < -0.4 is 5.73 Å². The number of hydrogen-bond donors (Lipinski definition) is 1. The number of nitrogens with zero attached hydrogens (tertiary/aromatic N) is 2. The van der Waals surface area contributed by atoms with Gasteiger partial charge in [-0.05, 0) is 18.1 Å². The van der Waals surface area contributed by atoms with Gasteiger partial charge in [-0.25, -0.2) is 0 Å². The molecule has 0 saturated heterocycles. The molecule has 0 heterocycles. The lowest BCUT2D eigenvalue weighted by Gasteiger charge is -2.19. The molecule has 18 heavy (non-hydrogen) atoms. The predicted octanol–water partition coefficient (Wildman–Crippen LogP) is 1.91. The fraction of sp³-hybridized carbons (Fsp3) is 0.417. The highest BCUT2D eigenvalue weighted by Crippen LogP contribution is 2.23. The van der Waals surface area contributed by atoms with Crippen LogP contribution in [0.25, 0.3) is 0 Å². The molecule has 6 heteroatoms. The van der Waals surface area contributed by atoms with Gasteiger partial charge in [0.05, 0.1) is 4.92 Å². The van der Waals surface area contributed by atoms with Crippen LogP contribution in [0.15, 0.2) is 18.2 Å². The zero-order valence-corrected chi connectivity index (χ0v) is 10.7. The minimum Gasteiger partial charge on any atom is -0.393 e. The van der Waals surface area contributed by atoms with E-state index in [2.05, 4.69) is 0 Å². The lowest BCUT2D eigenvalue weighted by molar-refractivity contribution is -0.383. The van der Waals surface area contributed by atoms with Crippen molar-refractivity contribution >= 4 is 17.3 Å². The topological polar surface area (TPSA) is 89.5 Å². The molecule has 1 aromatic carbocycles. The molecule has 0 unspecified atom stereocenters. The van der Waals surface area contributed by atoms with E-state index in [4.69, 9.17) is 5.73 Å². The standard InChI is InChI=1S/C12H17N3O3/c1-8(2)7-14(3)12(16)9-4-5-10(13)11(6-9)15(17)18/h4-6,8H,7,13H2,1-3H3. The minimum absolute atomic E-state index is 0.0584. The van der Waals surface area contributed by atoms with E-state index in [0.29, 0.717) is 12.5 Å². The molecule has 1 aromatic rings. The molecular formula is C12H17N3O3. The molecule has 0 aliphatic carbocycles. The number of carbonyl (C=O) groups is 1. The Morgan fingerprint density at radius 3 is 2.61 bits per heavy atom. The molecule has 0 aromatic heterocycles. The van der Waals surface area contributed by atoms with Crippen molar-refractivity contribution in [2.24, 2.45) is 5.92 Å². The number of benzene rings is 1. The molecule has 1 amide bonds. The van der Waals surface area contributed by atoms with Crippen molar-refractivity contribution in [3.8, 4) is 0 Å². The molecule has 0 atom stereocenters. The monoisotopic (exact) mass is 251 g/mol. The van der Waals surface area contributed by atoms with Gasteiger partial charge in [-0.15, -0.1) is 0 Å². The molecule has 6 nitrogen and oxygen atoms in total. The van der Waals surface area contributed by atoms with Crippen LogP contribution in [-0.4, -0.2) is 29.3 Å². The third-order valence-corrected chi connectivity index (χ3v) is 2.46. The second-order valence-corrected chi connectivity index (χ2v) is 4.61. The number of carbonyl (C=O) groups excluding carboxylic acids is 1. The Kier molecular flexibility index (Phi) is 4.25. The molecule has 0 aliphatic rings. The van der Waals surface area contributed by atoms with Crippen molar-refractivity contribution in [2.75, 3.05) is 19.3 Å². The molecule has 0 bridgehead atoms. The summed E-state index contributed by atoms with van der Waals surface area (Å²) < 4.78 is 0. The van der Waals surface area contributed by atoms with Gasteiger partial charge >= 0.3 is 0 Å². The molecular weight excluding hydrogens is 234 g/mol. The average molecular weight is 251 g/mol. The molecule has 0 spiro atoms. The van der Waals surface area contributed by atoms with Crippen LogP contribution in [0, 0.1) is 16.0 Å². The zero-order valence-electron chi connectivity index (χ0n) is 10.7. The predicted molar refractivity (Wildman–Crippen MR) is 69.3 cm³/mol. The maximum Gasteiger partial charge on any atom is 0.292 e. The third kappa shape index (κ3) is 3.19. The summed E-state index contributed by atoms with van der Waals surface area (Å²) in [5.74, 6) is 0.0921. The van der Waals surface area contributed by atoms with Crippen LogP contribution in [0.5, 0.6) is 0 Å². The summed E-state index contributed by atoms with van der Waals surface area (Å²) in [6.07, 6.45) is 0. The number of nitrogen functional groups attached to an aromatic ring is 1. The van der Waals surface area contributed by atoms with Crippen LogP contribution >= 0.6 is 0 Å². The lowest BCUT2D eigenvalue weighted by atomic mass is 10.1. The highest BCUT2D eigenvalue weighted by Gasteiger charge is 2.18. The van der Waals surface area contributed by atoms with Gasteiger partial charge in [-0.1, -0.05) is 13.8 Å². The molecule has 1 rings (SSSR count). The van der Waals surface area contributed by atoms with Crippen LogP contribution in [0.4, 0.5) is 11.4 Å². The highest BCUT2D eigenvalue weighted by atomic mass is 16.6. The summed E-state index contributed by atoms with van der Waals surface area (Å²) in [4.78, 5) is 23.7. The molecule has 0 saturated carbocycles. The molecule has 0 aliphatic heterocycles. The molecule has 0 fully saturated rings. The Hall–Kier alpha value is -2.11. The maximum atomic E-state index is 12.0.